The molecule has 23 heavy (non-hydrogen) atoms. The number of nitrogens with zero attached hydrogens (tertiary/aromatic N) is 3. The minimum absolute atomic E-state index is 0.152. The molecule has 0 saturated carbocycles. The molecule has 0 radical (unpaired) electrons. The molecule has 0 spiro atoms. The zero-order chi connectivity index (χ0) is 15.6. The molecule has 2 aliphatic rings. The van der Waals surface area contributed by atoms with Gasteiger partial charge in [-0.25, -0.2) is 4.68 Å². The maximum atomic E-state index is 12.8. The molecular weight excluding hydrogens is 286 g/mol. The van der Waals surface area contributed by atoms with Gasteiger partial charge in [-0.2, -0.15) is 5.10 Å². The molecule has 0 bridgehead atoms. The van der Waals surface area contributed by atoms with Crippen LogP contribution in [0.5, 0.6) is 0 Å². The van der Waals surface area contributed by atoms with Crippen LogP contribution in [0.1, 0.15) is 41.7 Å². The zero-order valence-electron chi connectivity index (χ0n) is 13.2. The van der Waals surface area contributed by atoms with E-state index >= 15 is 0 Å². The number of ketones is 1. The van der Waals surface area contributed by atoms with Gasteiger partial charge in [-0.05, 0) is 44.2 Å². The van der Waals surface area contributed by atoms with Gasteiger partial charge in [-0.3, -0.25) is 4.79 Å². The number of aromatic nitrogens is 2. The largest absolute Gasteiger partial charge is 0.377 e. The third-order valence-electron chi connectivity index (χ3n) is 4.77. The summed E-state index contributed by atoms with van der Waals surface area (Å²) in [7, 11) is 0. The second-order valence-corrected chi connectivity index (χ2v) is 6.33. The van der Waals surface area contributed by atoms with Crippen LogP contribution in [0.15, 0.2) is 48.3 Å². The van der Waals surface area contributed by atoms with Crippen molar-refractivity contribution in [1.82, 2.24) is 14.7 Å². The predicted octanol–water partition coefficient (Wildman–Crippen LogP) is 3.37. The van der Waals surface area contributed by atoms with Gasteiger partial charge in [0.2, 0.25) is 0 Å². The molecule has 1 fully saturated rings. The second kappa shape index (κ2) is 6.03. The summed E-state index contributed by atoms with van der Waals surface area (Å²) >= 11 is 0. The number of fused-ring (bicyclic) bond motifs is 1. The summed E-state index contributed by atoms with van der Waals surface area (Å²) in [5.41, 5.74) is 3.76. The normalized spacial score (nSPS) is 19.9. The Balaban J connectivity index is 1.63. The van der Waals surface area contributed by atoms with E-state index in [0.29, 0.717) is 0 Å². The van der Waals surface area contributed by atoms with Crippen molar-refractivity contribution in [1.29, 1.82) is 0 Å². The molecule has 2 heterocycles. The van der Waals surface area contributed by atoms with Gasteiger partial charge in [0.15, 0.2) is 5.78 Å². The second-order valence-electron chi connectivity index (χ2n) is 6.33. The lowest BCUT2D eigenvalue weighted by Gasteiger charge is -2.27. The van der Waals surface area contributed by atoms with E-state index in [1.54, 1.807) is 6.20 Å². The molecule has 1 aromatic heterocycles. The van der Waals surface area contributed by atoms with Gasteiger partial charge >= 0.3 is 0 Å². The Morgan fingerprint density at radius 2 is 1.78 bits per heavy atom. The fourth-order valence-corrected chi connectivity index (χ4v) is 3.53. The Morgan fingerprint density at radius 1 is 1.00 bits per heavy atom. The first-order chi connectivity index (χ1) is 11.3. The number of hydrogen-bond donors (Lipinski definition) is 0. The van der Waals surface area contributed by atoms with Crippen LogP contribution in [0.2, 0.25) is 0 Å². The predicted molar refractivity (Wildman–Crippen MR) is 89.7 cm³/mol. The number of rotatable bonds is 2. The fourth-order valence-electron chi connectivity index (χ4n) is 3.53. The van der Waals surface area contributed by atoms with Crippen molar-refractivity contribution in [3.8, 4) is 5.69 Å². The highest BCUT2D eigenvalue weighted by Gasteiger charge is 2.27. The van der Waals surface area contributed by atoms with E-state index < -0.39 is 0 Å². The van der Waals surface area contributed by atoms with Crippen LogP contribution in [0, 0.1) is 0 Å². The molecule has 4 rings (SSSR count). The van der Waals surface area contributed by atoms with Crippen molar-refractivity contribution >= 4 is 5.78 Å². The summed E-state index contributed by atoms with van der Waals surface area (Å²) in [5, 5.41) is 4.45. The lowest BCUT2D eigenvalue weighted by atomic mass is 9.92. The van der Waals surface area contributed by atoms with Gasteiger partial charge < -0.3 is 4.90 Å². The van der Waals surface area contributed by atoms with Crippen molar-refractivity contribution in [2.75, 3.05) is 13.1 Å². The molecule has 1 saturated heterocycles. The van der Waals surface area contributed by atoms with Crippen LogP contribution in [0.4, 0.5) is 0 Å². The Kier molecular flexibility index (Phi) is 3.74. The van der Waals surface area contributed by atoms with Gasteiger partial charge in [-0.15, -0.1) is 0 Å². The van der Waals surface area contributed by atoms with Crippen molar-refractivity contribution in [2.24, 2.45) is 0 Å². The summed E-state index contributed by atoms with van der Waals surface area (Å²) in [4.78, 5) is 15.1. The number of benzene rings is 1. The summed E-state index contributed by atoms with van der Waals surface area (Å²) in [6, 6.07) is 10.0. The van der Waals surface area contributed by atoms with Crippen LogP contribution >= 0.6 is 0 Å². The molecule has 4 heteroatoms. The third-order valence-corrected chi connectivity index (χ3v) is 4.77. The van der Waals surface area contributed by atoms with Gasteiger partial charge in [-0.1, -0.05) is 18.2 Å². The Morgan fingerprint density at radius 3 is 2.57 bits per heavy atom. The van der Waals surface area contributed by atoms with Gasteiger partial charge in [0.1, 0.15) is 0 Å². The summed E-state index contributed by atoms with van der Waals surface area (Å²) < 4.78 is 1.91. The fraction of sp³-hybridized carbons (Fsp3) is 0.368. The average Bonchev–Trinajstić information content (AvgIpc) is 3.04. The van der Waals surface area contributed by atoms with Crippen molar-refractivity contribution in [3.63, 3.8) is 0 Å². The average molecular weight is 307 g/mol. The van der Waals surface area contributed by atoms with E-state index in [-0.39, 0.29) is 5.78 Å². The van der Waals surface area contributed by atoms with Crippen LogP contribution in [-0.2, 0) is 6.42 Å². The molecule has 0 amide bonds. The van der Waals surface area contributed by atoms with Crippen molar-refractivity contribution in [2.45, 2.75) is 32.1 Å². The quantitative estimate of drug-likeness (QED) is 0.798. The van der Waals surface area contributed by atoms with E-state index in [4.69, 9.17) is 0 Å². The highest BCUT2D eigenvalue weighted by Crippen LogP contribution is 2.27. The number of carbonyl (C=O) groups is 1. The lowest BCUT2D eigenvalue weighted by molar-refractivity contribution is 0.102. The molecule has 2 aromatic rings. The molecule has 1 aliphatic carbocycles. The van der Waals surface area contributed by atoms with Crippen LogP contribution < -0.4 is 0 Å². The monoisotopic (exact) mass is 307 g/mol. The molecular formula is C19H21N3O. The van der Waals surface area contributed by atoms with E-state index in [1.165, 1.54) is 19.3 Å². The highest BCUT2D eigenvalue weighted by molar-refractivity contribution is 6.10. The SMILES string of the molecule is O=C1/C(=C\N2CCCCC2)CCc2c1cnn2-c1ccccc1. The Labute approximate surface area is 136 Å². The van der Waals surface area contributed by atoms with E-state index in [1.807, 2.05) is 35.0 Å². The minimum atomic E-state index is 0.152. The van der Waals surface area contributed by atoms with Crippen molar-refractivity contribution < 1.29 is 4.79 Å². The van der Waals surface area contributed by atoms with Gasteiger partial charge in [0.25, 0.3) is 0 Å². The van der Waals surface area contributed by atoms with Crippen LogP contribution in [-0.4, -0.2) is 33.6 Å². The number of Topliss-reactive ketones (excluding diaryl/α,β-unsaturated/α-hetero) is 1. The Hall–Kier alpha value is -2.36. The number of likely N-dealkylation sites (tertiary alicyclic amines) is 1. The van der Waals surface area contributed by atoms with Gasteiger partial charge in [0, 0.05) is 24.9 Å². The highest BCUT2D eigenvalue weighted by atomic mass is 16.1. The summed E-state index contributed by atoms with van der Waals surface area (Å²) in [6.45, 7) is 2.15. The number of allylic oxidation sites excluding steroid dienone is 1. The molecule has 0 atom stereocenters. The van der Waals surface area contributed by atoms with E-state index in [9.17, 15) is 4.79 Å². The maximum Gasteiger partial charge on any atom is 0.193 e. The smallest absolute Gasteiger partial charge is 0.193 e. The third kappa shape index (κ3) is 2.69. The van der Waals surface area contributed by atoms with E-state index in [0.717, 1.165) is 48.4 Å². The maximum absolute atomic E-state index is 12.8. The number of carbonyl (C=O) groups excluding carboxylic acids is 1. The Bertz CT molecular complexity index is 739. The summed E-state index contributed by atoms with van der Waals surface area (Å²) in [6.07, 6.45) is 9.28. The molecule has 1 aromatic carbocycles. The van der Waals surface area contributed by atoms with Gasteiger partial charge in [0.05, 0.1) is 23.1 Å². The number of para-hydroxylation sites is 1. The zero-order valence-corrected chi connectivity index (χ0v) is 13.2. The molecule has 118 valence electrons. The van der Waals surface area contributed by atoms with Crippen molar-refractivity contribution in [3.05, 3.63) is 59.6 Å². The van der Waals surface area contributed by atoms with Crippen LogP contribution in [0.25, 0.3) is 5.69 Å². The molecule has 4 nitrogen and oxygen atoms in total. The first-order valence-electron chi connectivity index (χ1n) is 8.45. The minimum Gasteiger partial charge on any atom is -0.377 e. The molecule has 0 N–H and O–H groups in total. The first kappa shape index (κ1) is 14.2. The van der Waals surface area contributed by atoms with E-state index in [2.05, 4.69) is 16.2 Å². The first-order valence-corrected chi connectivity index (χ1v) is 8.45. The number of piperidine rings is 1. The van der Waals surface area contributed by atoms with Crippen LogP contribution in [0.3, 0.4) is 0 Å². The molecule has 0 unspecified atom stereocenters. The topological polar surface area (TPSA) is 38.1 Å². The molecule has 1 aliphatic heterocycles. The summed E-state index contributed by atoms with van der Waals surface area (Å²) in [5.74, 6) is 0.152. The number of hydrogen-bond acceptors (Lipinski definition) is 3. The lowest BCUT2D eigenvalue weighted by Crippen LogP contribution is -2.26. The standard InChI is InChI=1S/C19H21N3O/c23-19-15(14-21-11-5-2-6-12-21)9-10-18-17(19)13-20-22(18)16-7-3-1-4-8-16/h1,3-4,7-8,13-14H,2,5-6,9-12H2/b15-14-.